The second-order valence-electron chi connectivity index (χ2n) is 7.63. The average Bonchev–Trinajstić information content (AvgIpc) is 2.87. The van der Waals surface area contributed by atoms with Gasteiger partial charge >= 0.3 is 6.18 Å². The van der Waals surface area contributed by atoms with Crippen LogP contribution in [-0.2, 0) is 22.4 Å². The normalized spacial score (nSPS) is 11.2. The molecule has 0 aliphatic rings. The maximum Gasteiger partial charge on any atom is 0.416 e. The zero-order valence-corrected chi connectivity index (χ0v) is 19.3. The number of amides is 2. The summed E-state index contributed by atoms with van der Waals surface area (Å²) in [5.74, 6) is 0.343. The van der Waals surface area contributed by atoms with Crippen molar-refractivity contribution in [2.45, 2.75) is 25.6 Å². The first-order valence-electron chi connectivity index (χ1n) is 10.9. The van der Waals surface area contributed by atoms with Crippen LogP contribution in [-0.4, -0.2) is 25.1 Å². The summed E-state index contributed by atoms with van der Waals surface area (Å²) in [6.07, 6.45) is -3.46. The van der Waals surface area contributed by atoms with Crippen molar-refractivity contribution < 1.29 is 32.2 Å². The third-order valence-corrected chi connectivity index (χ3v) is 4.90. The van der Waals surface area contributed by atoms with Crippen LogP contribution in [0.4, 0.5) is 18.9 Å². The highest BCUT2D eigenvalue weighted by atomic mass is 19.4. The van der Waals surface area contributed by atoms with E-state index in [2.05, 4.69) is 15.8 Å². The van der Waals surface area contributed by atoms with Crippen molar-refractivity contribution in [2.24, 2.45) is 5.10 Å². The molecular weight excluding hydrogens is 475 g/mol. The summed E-state index contributed by atoms with van der Waals surface area (Å²) >= 11 is 0. The lowest BCUT2D eigenvalue weighted by molar-refractivity contribution is -0.137. The number of methoxy groups -OCH3 is 1. The molecule has 3 aromatic carbocycles. The minimum Gasteiger partial charge on any atom is -0.497 e. The largest absolute Gasteiger partial charge is 0.497 e. The molecule has 0 fully saturated rings. The highest BCUT2D eigenvalue weighted by Crippen LogP contribution is 2.30. The Balaban J connectivity index is 1.38. The van der Waals surface area contributed by atoms with Gasteiger partial charge in [0.25, 0.3) is 0 Å². The minimum absolute atomic E-state index is 0.00433. The lowest BCUT2D eigenvalue weighted by Gasteiger charge is -2.09. The number of nitrogens with one attached hydrogen (secondary N) is 2. The molecule has 0 bridgehead atoms. The second kappa shape index (κ2) is 12.4. The van der Waals surface area contributed by atoms with Crippen molar-refractivity contribution >= 4 is 23.7 Å². The first kappa shape index (κ1) is 26.3. The molecule has 0 radical (unpaired) electrons. The van der Waals surface area contributed by atoms with Crippen molar-refractivity contribution in [2.75, 3.05) is 12.4 Å². The number of hydrogen-bond acceptors (Lipinski definition) is 5. The third kappa shape index (κ3) is 8.46. The van der Waals surface area contributed by atoms with Gasteiger partial charge in [-0.1, -0.05) is 18.2 Å². The maximum atomic E-state index is 12.8. The van der Waals surface area contributed by atoms with Crippen LogP contribution in [0.1, 0.15) is 29.5 Å². The number of benzene rings is 3. The van der Waals surface area contributed by atoms with Gasteiger partial charge in [-0.15, -0.1) is 0 Å². The number of rotatable bonds is 10. The summed E-state index contributed by atoms with van der Waals surface area (Å²) in [6.45, 7) is 0.398. The molecule has 10 heteroatoms. The predicted molar refractivity (Wildman–Crippen MR) is 129 cm³/mol. The molecule has 0 unspecified atom stereocenters. The molecule has 0 aromatic heterocycles. The van der Waals surface area contributed by atoms with Crippen LogP contribution >= 0.6 is 0 Å². The quantitative estimate of drug-likeness (QED) is 0.298. The van der Waals surface area contributed by atoms with Crippen molar-refractivity contribution in [3.8, 4) is 11.5 Å². The number of hydrazone groups is 1. The van der Waals surface area contributed by atoms with Gasteiger partial charge in [-0.2, -0.15) is 18.3 Å². The van der Waals surface area contributed by atoms with Crippen LogP contribution < -0.4 is 20.2 Å². The number of alkyl halides is 3. The zero-order valence-electron chi connectivity index (χ0n) is 19.3. The molecule has 7 nitrogen and oxygen atoms in total. The monoisotopic (exact) mass is 499 g/mol. The smallest absolute Gasteiger partial charge is 0.416 e. The van der Waals surface area contributed by atoms with Crippen LogP contribution in [0, 0.1) is 0 Å². The molecule has 2 amide bonds. The van der Waals surface area contributed by atoms with Gasteiger partial charge in [-0.25, -0.2) is 5.43 Å². The van der Waals surface area contributed by atoms with Gasteiger partial charge in [0.05, 0.1) is 18.9 Å². The SMILES string of the molecule is COc1ccc(COc2ccc(C=NNC(=O)CCC(=O)Nc3cccc(C(F)(F)F)c3)cc2)cc1. The molecule has 0 saturated heterocycles. The number of carbonyl (C=O) groups excluding carboxylic acids is 2. The molecule has 2 N–H and O–H groups in total. The lowest BCUT2D eigenvalue weighted by atomic mass is 10.2. The molecular formula is C26H24F3N3O4. The minimum atomic E-state index is -4.51. The molecule has 3 aromatic rings. The van der Waals surface area contributed by atoms with Gasteiger partial charge in [0.2, 0.25) is 11.8 Å². The molecule has 0 atom stereocenters. The fourth-order valence-corrected chi connectivity index (χ4v) is 3.00. The van der Waals surface area contributed by atoms with Crippen LogP contribution in [0.5, 0.6) is 11.5 Å². The van der Waals surface area contributed by atoms with Crippen LogP contribution in [0.25, 0.3) is 0 Å². The van der Waals surface area contributed by atoms with E-state index in [1.807, 2.05) is 24.3 Å². The van der Waals surface area contributed by atoms with Crippen LogP contribution in [0.2, 0.25) is 0 Å². The number of hydrogen-bond donors (Lipinski definition) is 2. The first-order chi connectivity index (χ1) is 17.2. The predicted octanol–water partition coefficient (Wildman–Crippen LogP) is 5.16. The third-order valence-electron chi connectivity index (χ3n) is 4.90. The summed E-state index contributed by atoms with van der Waals surface area (Å²) in [4.78, 5) is 23.9. The molecule has 0 spiro atoms. The average molecular weight is 499 g/mol. The van der Waals surface area contributed by atoms with E-state index >= 15 is 0 Å². The second-order valence-corrected chi connectivity index (χ2v) is 7.63. The summed E-state index contributed by atoms with van der Waals surface area (Å²) < 4.78 is 49.1. The molecule has 36 heavy (non-hydrogen) atoms. The van der Waals surface area contributed by atoms with Crippen LogP contribution in [0.15, 0.2) is 77.9 Å². The summed E-state index contributed by atoms with van der Waals surface area (Å²) in [7, 11) is 1.61. The van der Waals surface area contributed by atoms with Gasteiger partial charge in [0.15, 0.2) is 0 Å². The van der Waals surface area contributed by atoms with E-state index in [4.69, 9.17) is 9.47 Å². The van der Waals surface area contributed by atoms with Gasteiger partial charge in [-0.3, -0.25) is 9.59 Å². The molecule has 0 heterocycles. The Morgan fingerprint density at radius 2 is 1.58 bits per heavy atom. The fraction of sp³-hybridized carbons (Fsp3) is 0.192. The molecule has 3 rings (SSSR count). The summed E-state index contributed by atoms with van der Waals surface area (Å²) in [5, 5.41) is 6.20. The first-order valence-corrected chi connectivity index (χ1v) is 10.9. The van der Waals surface area contributed by atoms with Crippen molar-refractivity contribution in [1.82, 2.24) is 5.43 Å². The summed E-state index contributed by atoms with van der Waals surface area (Å²) in [5.41, 5.74) is 3.15. The number of nitrogens with zero attached hydrogens (tertiary/aromatic N) is 1. The molecule has 0 aliphatic carbocycles. The topological polar surface area (TPSA) is 89.0 Å². The van der Waals surface area contributed by atoms with Gasteiger partial charge in [-0.05, 0) is 65.7 Å². The van der Waals surface area contributed by atoms with Gasteiger partial charge in [0, 0.05) is 18.5 Å². The van der Waals surface area contributed by atoms with E-state index < -0.39 is 23.6 Å². The highest BCUT2D eigenvalue weighted by molar-refractivity contribution is 5.93. The van der Waals surface area contributed by atoms with Crippen molar-refractivity contribution in [1.29, 1.82) is 0 Å². The van der Waals surface area contributed by atoms with Crippen LogP contribution in [0.3, 0.4) is 0 Å². The standard InChI is InChI=1S/C26H24F3N3O4/c1-35-22-9-7-19(8-10-22)17-36-23-11-5-18(6-12-23)16-30-32-25(34)14-13-24(33)31-21-4-2-3-20(15-21)26(27,28)29/h2-12,15-16H,13-14,17H2,1H3,(H,31,33)(H,32,34). The Bertz CT molecular complexity index is 1190. The molecule has 188 valence electrons. The molecule has 0 saturated carbocycles. The Labute approximate surface area is 205 Å². The fourth-order valence-electron chi connectivity index (χ4n) is 3.00. The number of halogens is 3. The van der Waals surface area contributed by atoms with Gasteiger partial charge < -0.3 is 14.8 Å². The van der Waals surface area contributed by atoms with E-state index in [1.54, 1.807) is 31.4 Å². The highest BCUT2D eigenvalue weighted by Gasteiger charge is 2.30. The van der Waals surface area contributed by atoms with Crippen molar-refractivity contribution in [3.63, 3.8) is 0 Å². The van der Waals surface area contributed by atoms with E-state index in [0.29, 0.717) is 12.4 Å². The Kier molecular flexibility index (Phi) is 9.04. The Morgan fingerprint density at radius 3 is 2.25 bits per heavy atom. The Morgan fingerprint density at radius 1 is 0.917 bits per heavy atom. The Hall–Kier alpha value is -4.34. The van der Waals surface area contributed by atoms with Crippen molar-refractivity contribution in [3.05, 3.63) is 89.5 Å². The zero-order chi connectivity index (χ0) is 26.0. The van der Waals surface area contributed by atoms with E-state index in [9.17, 15) is 22.8 Å². The van der Waals surface area contributed by atoms with E-state index in [0.717, 1.165) is 29.0 Å². The maximum absolute atomic E-state index is 12.8. The summed E-state index contributed by atoms with van der Waals surface area (Å²) in [6, 6.07) is 18.9. The van der Waals surface area contributed by atoms with E-state index in [1.165, 1.54) is 18.3 Å². The lowest BCUT2D eigenvalue weighted by Crippen LogP contribution is -2.20. The van der Waals surface area contributed by atoms with Gasteiger partial charge in [0.1, 0.15) is 18.1 Å². The number of ether oxygens (including phenoxy) is 2. The number of carbonyl (C=O) groups is 2. The molecule has 0 aliphatic heterocycles. The number of anilines is 1. The van der Waals surface area contributed by atoms with E-state index in [-0.39, 0.29) is 18.5 Å².